The van der Waals surface area contributed by atoms with E-state index in [1.807, 2.05) is 29.2 Å². The van der Waals surface area contributed by atoms with Crippen molar-refractivity contribution in [3.05, 3.63) is 53.6 Å². The van der Waals surface area contributed by atoms with Crippen molar-refractivity contribution >= 4 is 31.9 Å². The van der Waals surface area contributed by atoms with Gasteiger partial charge in [-0.25, -0.2) is 4.39 Å². The molecule has 20 heavy (non-hydrogen) atoms. The summed E-state index contributed by atoms with van der Waals surface area (Å²) in [5.41, 5.74) is 1.54. The fraction of sp³-hybridized carbons (Fsp3) is 0.400. The van der Waals surface area contributed by atoms with Gasteiger partial charge in [-0.1, -0.05) is 50.1 Å². The van der Waals surface area contributed by atoms with Gasteiger partial charge >= 0.3 is 0 Å². The molecule has 2 nitrogen and oxygen atoms in total. The first-order valence-corrected chi connectivity index (χ1v) is 8.78. The van der Waals surface area contributed by atoms with E-state index in [0.717, 1.165) is 24.1 Å². The molecule has 2 rings (SSSR count). The Morgan fingerprint density at radius 3 is 2.50 bits per heavy atom. The highest BCUT2D eigenvalue weighted by atomic mass is 79.9. The zero-order valence-electron chi connectivity index (χ0n) is 11.3. The van der Waals surface area contributed by atoms with E-state index in [9.17, 15) is 4.39 Å². The van der Waals surface area contributed by atoms with Gasteiger partial charge in [0, 0.05) is 28.8 Å². The first-order valence-electron chi connectivity index (χ1n) is 6.53. The van der Waals surface area contributed by atoms with Crippen LogP contribution in [0.25, 0.3) is 0 Å². The van der Waals surface area contributed by atoms with E-state index in [4.69, 9.17) is 0 Å². The van der Waals surface area contributed by atoms with Crippen LogP contribution in [0.4, 0.5) is 4.39 Å². The van der Waals surface area contributed by atoms with Gasteiger partial charge in [-0.3, -0.25) is 4.68 Å². The first kappa shape index (κ1) is 15.7. The van der Waals surface area contributed by atoms with Gasteiger partial charge in [0.05, 0.1) is 6.20 Å². The Hall–Kier alpha value is -0.680. The van der Waals surface area contributed by atoms with Crippen LogP contribution in [0.15, 0.2) is 36.7 Å². The monoisotopic (exact) mass is 402 g/mol. The molecule has 0 saturated carbocycles. The third-order valence-electron chi connectivity index (χ3n) is 3.51. The van der Waals surface area contributed by atoms with Crippen LogP contribution in [0.5, 0.6) is 0 Å². The van der Waals surface area contributed by atoms with Gasteiger partial charge in [0.25, 0.3) is 0 Å². The van der Waals surface area contributed by atoms with Gasteiger partial charge in [-0.15, -0.1) is 0 Å². The SMILES string of the molecule is CCn1cc(CC(CBr)(CBr)c2ccccc2F)cn1. The highest BCUT2D eigenvalue weighted by molar-refractivity contribution is 9.09. The number of hydrogen-bond acceptors (Lipinski definition) is 1. The summed E-state index contributed by atoms with van der Waals surface area (Å²) in [5.74, 6) is -0.158. The first-order chi connectivity index (χ1) is 9.65. The largest absolute Gasteiger partial charge is 0.273 e. The molecule has 108 valence electrons. The number of halogens is 3. The Labute approximate surface area is 135 Å². The van der Waals surface area contributed by atoms with Crippen LogP contribution in [0.3, 0.4) is 0 Å². The van der Waals surface area contributed by atoms with Gasteiger partial charge in [0.2, 0.25) is 0 Å². The molecule has 0 fully saturated rings. The molecule has 1 heterocycles. The van der Waals surface area contributed by atoms with Crippen molar-refractivity contribution in [2.45, 2.75) is 25.3 Å². The minimum absolute atomic E-state index is 0.158. The highest BCUT2D eigenvalue weighted by Crippen LogP contribution is 2.34. The number of benzene rings is 1. The molecule has 5 heteroatoms. The Kier molecular flexibility index (Phi) is 5.38. The molecular weight excluding hydrogens is 387 g/mol. The van der Waals surface area contributed by atoms with Gasteiger partial charge < -0.3 is 0 Å². The minimum atomic E-state index is -0.313. The predicted molar refractivity (Wildman–Crippen MR) is 87.3 cm³/mol. The average molecular weight is 404 g/mol. The van der Waals surface area contributed by atoms with Gasteiger partial charge in [-0.05, 0) is 30.5 Å². The zero-order valence-corrected chi connectivity index (χ0v) is 14.5. The van der Waals surface area contributed by atoms with E-state index >= 15 is 0 Å². The summed E-state index contributed by atoms with van der Waals surface area (Å²) in [4.78, 5) is 0. The van der Waals surface area contributed by atoms with Crippen LogP contribution in [0.1, 0.15) is 18.1 Å². The lowest BCUT2D eigenvalue weighted by molar-refractivity contribution is 0.500. The molecule has 0 aliphatic carbocycles. The van der Waals surface area contributed by atoms with Crippen molar-refractivity contribution in [3.63, 3.8) is 0 Å². The number of rotatable bonds is 6. The Balaban J connectivity index is 2.37. The molecule has 0 saturated heterocycles. The summed E-state index contributed by atoms with van der Waals surface area (Å²) in [6, 6.07) is 6.99. The molecule has 0 bridgehead atoms. The van der Waals surface area contributed by atoms with Crippen LogP contribution < -0.4 is 0 Å². The summed E-state index contributed by atoms with van der Waals surface area (Å²) in [5, 5.41) is 5.66. The Morgan fingerprint density at radius 2 is 1.95 bits per heavy atom. The smallest absolute Gasteiger partial charge is 0.127 e. The fourth-order valence-corrected chi connectivity index (χ4v) is 4.25. The van der Waals surface area contributed by atoms with Crippen LogP contribution in [-0.2, 0) is 18.4 Å². The van der Waals surface area contributed by atoms with E-state index in [1.165, 1.54) is 6.07 Å². The summed E-state index contributed by atoms with van der Waals surface area (Å²) >= 11 is 7.12. The van der Waals surface area contributed by atoms with Crippen LogP contribution >= 0.6 is 31.9 Å². The van der Waals surface area contributed by atoms with E-state index in [1.54, 1.807) is 6.07 Å². The summed E-state index contributed by atoms with van der Waals surface area (Å²) < 4.78 is 16.1. The standard InChI is InChI=1S/C15H17Br2FN2/c1-2-20-9-12(8-19-20)7-15(10-16,11-17)13-5-3-4-6-14(13)18/h3-6,8-9H,2,7,10-11H2,1H3. The molecule has 0 spiro atoms. The van der Waals surface area contributed by atoms with Gasteiger partial charge in [-0.2, -0.15) is 5.10 Å². The normalized spacial score (nSPS) is 11.8. The van der Waals surface area contributed by atoms with E-state index < -0.39 is 0 Å². The maximum Gasteiger partial charge on any atom is 0.127 e. The van der Waals surface area contributed by atoms with Crippen LogP contribution in [-0.4, -0.2) is 20.4 Å². The van der Waals surface area contributed by atoms with Gasteiger partial charge in [0.15, 0.2) is 0 Å². The molecule has 0 N–H and O–H groups in total. The molecule has 0 aliphatic heterocycles. The van der Waals surface area contributed by atoms with Crippen molar-refractivity contribution in [2.24, 2.45) is 0 Å². The van der Waals surface area contributed by atoms with Crippen LogP contribution in [0, 0.1) is 5.82 Å². The van der Waals surface area contributed by atoms with Crippen molar-refractivity contribution in [3.8, 4) is 0 Å². The minimum Gasteiger partial charge on any atom is -0.273 e. The number of nitrogens with zero attached hydrogens (tertiary/aromatic N) is 2. The molecule has 0 aliphatic rings. The Bertz CT molecular complexity index is 565. The summed E-state index contributed by atoms with van der Waals surface area (Å²) in [7, 11) is 0. The second-order valence-corrected chi connectivity index (χ2v) is 6.03. The van der Waals surface area contributed by atoms with Gasteiger partial charge in [0.1, 0.15) is 5.82 Å². The summed E-state index contributed by atoms with van der Waals surface area (Å²) in [6.07, 6.45) is 4.63. The second kappa shape index (κ2) is 6.85. The molecule has 0 unspecified atom stereocenters. The Morgan fingerprint density at radius 1 is 1.25 bits per heavy atom. The fourth-order valence-electron chi connectivity index (χ4n) is 2.32. The maximum atomic E-state index is 14.2. The molecule has 0 atom stereocenters. The molecular formula is C15H17Br2FN2. The molecule has 2 aromatic rings. The topological polar surface area (TPSA) is 17.8 Å². The van der Waals surface area contributed by atoms with E-state index in [0.29, 0.717) is 10.7 Å². The van der Waals surface area contributed by atoms with Crippen LogP contribution in [0.2, 0.25) is 0 Å². The zero-order chi connectivity index (χ0) is 14.6. The average Bonchev–Trinajstić information content (AvgIpc) is 2.93. The highest BCUT2D eigenvalue weighted by Gasteiger charge is 2.33. The lowest BCUT2D eigenvalue weighted by atomic mass is 9.79. The number of alkyl halides is 2. The van der Waals surface area contributed by atoms with E-state index in [2.05, 4.69) is 43.9 Å². The predicted octanol–water partition coefficient (Wildman–Crippen LogP) is 4.31. The molecule has 1 aromatic carbocycles. The van der Waals surface area contributed by atoms with E-state index in [-0.39, 0.29) is 11.2 Å². The third kappa shape index (κ3) is 3.14. The number of hydrogen-bond donors (Lipinski definition) is 0. The van der Waals surface area contributed by atoms with Crippen molar-refractivity contribution in [2.75, 3.05) is 10.7 Å². The van der Waals surface area contributed by atoms with Crippen molar-refractivity contribution < 1.29 is 4.39 Å². The molecule has 1 aromatic heterocycles. The molecule has 0 amide bonds. The summed E-state index contributed by atoms with van der Waals surface area (Å²) in [6.45, 7) is 2.89. The number of aromatic nitrogens is 2. The lowest BCUT2D eigenvalue weighted by Crippen LogP contribution is -2.34. The quantitative estimate of drug-likeness (QED) is 0.657. The number of aryl methyl sites for hydroxylation is 1. The van der Waals surface area contributed by atoms with Crippen molar-refractivity contribution in [1.29, 1.82) is 0 Å². The molecule has 0 radical (unpaired) electrons. The maximum absolute atomic E-state index is 14.2. The third-order valence-corrected chi connectivity index (χ3v) is 5.66. The lowest BCUT2D eigenvalue weighted by Gasteiger charge is -2.30. The second-order valence-electron chi connectivity index (χ2n) is 4.91. The van der Waals surface area contributed by atoms with Crippen molar-refractivity contribution in [1.82, 2.24) is 9.78 Å².